The Kier molecular flexibility index (Phi) is 4.82. The van der Waals surface area contributed by atoms with Crippen LogP contribution < -0.4 is 0 Å². The fourth-order valence-electron chi connectivity index (χ4n) is 11.3. The second kappa shape index (κ2) is 6.64. The smallest absolute Gasteiger partial charge is 0.0594 e. The number of aliphatic hydroxyl groups is 1. The number of rotatable bonds is 0. The van der Waals surface area contributed by atoms with Crippen LogP contribution in [0.4, 0.5) is 0 Å². The van der Waals surface area contributed by atoms with E-state index in [1.807, 2.05) is 0 Å². The van der Waals surface area contributed by atoms with Gasteiger partial charge in [-0.15, -0.1) is 0 Å². The quantitative estimate of drug-likeness (QED) is 0.389. The Morgan fingerprint density at radius 2 is 1.52 bits per heavy atom. The SMILES string of the molecule is CC1=CC[C@]2(C)CC[C@]3(C)[C@H](CC[C@@H]4[C@@]5(C)CC[C@H](O)C(C)(C)[C@@H]5CC[C@]43C)[C@H]2[C@@H]1C. The normalized spacial score (nSPS) is 58.3. The summed E-state index contributed by atoms with van der Waals surface area (Å²) in [6.07, 6.45) is 14.5. The first kappa shape index (κ1) is 22.5. The highest BCUT2D eigenvalue weighted by atomic mass is 16.3. The second-order valence-corrected chi connectivity index (χ2v) is 14.7. The minimum Gasteiger partial charge on any atom is -0.393 e. The van der Waals surface area contributed by atoms with E-state index in [0.717, 1.165) is 30.1 Å². The highest BCUT2D eigenvalue weighted by molar-refractivity contribution is 5.22. The number of hydrogen-bond acceptors (Lipinski definition) is 1. The molecule has 0 aromatic carbocycles. The fourth-order valence-corrected chi connectivity index (χ4v) is 11.3. The van der Waals surface area contributed by atoms with Crippen LogP contribution in [-0.2, 0) is 0 Å². The molecule has 0 aromatic rings. The van der Waals surface area contributed by atoms with E-state index in [4.69, 9.17) is 0 Å². The molecule has 0 aromatic heterocycles. The van der Waals surface area contributed by atoms with Crippen LogP contribution in [0.5, 0.6) is 0 Å². The Bertz CT molecular complexity index is 779. The third-order valence-corrected chi connectivity index (χ3v) is 13.5. The molecule has 0 aliphatic heterocycles. The summed E-state index contributed by atoms with van der Waals surface area (Å²) in [5.41, 5.74) is 3.58. The van der Waals surface area contributed by atoms with Crippen molar-refractivity contribution in [2.24, 2.45) is 56.7 Å². The lowest BCUT2D eigenvalue weighted by Crippen LogP contribution is -2.67. The fraction of sp³-hybridized carbons (Fsp3) is 0.933. The first-order chi connectivity index (χ1) is 14.3. The summed E-state index contributed by atoms with van der Waals surface area (Å²) in [4.78, 5) is 0. The van der Waals surface area contributed by atoms with Crippen LogP contribution in [0.1, 0.15) is 113 Å². The molecule has 0 radical (unpaired) electrons. The molecular weight excluding hydrogens is 376 g/mol. The van der Waals surface area contributed by atoms with Gasteiger partial charge in [0.25, 0.3) is 0 Å². The Labute approximate surface area is 192 Å². The summed E-state index contributed by atoms with van der Waals surface area (Å²) in [6.45, 7) is 20.5. The van der Waals surface area contributed by atoms with Gasteiger partial charge in [0.1, 0.15) is 0 Å². The first-order valence-electron chi connectivity index (χ1n) is 13.7. The highest BCUT2D eigenvalue weighted by Gasteiger charge is 2.69. The van der Waals surface area contributed by atoms with E-state index in [-0.39, 0.29) is 11.5 Å². The van der Waals surface area contributed by atoms with Crippen molar-refractivity contribution in [3.63, 3.8) is 0 Å². The zero-order valence-electron chi connectivity index (χ0n) is 21.9. The van der Waals surface area contributed by atoms with E-state index in [1.54, 1.807) is 5.57 Å². The molecule has 5 aliphatic carbocycles. The maximum absolute atomic E-state index is 10.9. The third-order valence-electron chi connectivity index (χ3n) is 13.5. The molecule has 1 heteroatoms. The Balaban J connectivity index is 1.55. The van der Waals surface area contributed by atoms with E-state index in [1.165, 1.54) is 51.4 Å². The van der Waals surface area contributed by atoms with Gasteiger partial charge >= 0.3 is 0 Å². The van der Waals surface area contributed by atoms with Gasteiger partial charge in [0, 0.05) is 0 Å². The molecule has 0 bridgehead atoms. The lowest BCUT2D eigenvalue weighted by Gasteiger charge is -2.73. The third kappa shape index (κ3) is 2.65. The average molecular weight is 427 g/mol. The zero-order chi connectivity index (χ0) is 22.6. The minimum atomic E-state index is -0.116. The number of hydrogen-bond donors (Lipinski definition) is 1. The van der Waals surface area contributed by atoms with Crippen molar-refractivity contribution in [2.75, 3.05) is 0 Å². The topological polar surface area (TPSA) is 20.2 Å². The molecule has 5 aliphatic rings. The standard InChI is InChI=1S/C30H50O/c1-19-11-14-27(5)17-18-29(7)21(25(27)20(19)2)9-10-23-28(6)15-13-24(31)26(3,4)22(28)12-16-30(23,29)8/h11,20-25,31H,9-10,12-18H2,1-8H3/t20-,21-,22+,23-,24+,25-,27-,28+,29-,30-/m1/s1. The predicted molar refractivity (Wildman–Crippen MR) is 131 cm³/mol. The number of fused-ring (bicyclic) bond motifs is 7. The Morgan fingerprint density at radius 3 is 2.23 bits per heavy atom. The van der Waals surface area contributed by atoms with Crippen molar-refractivity contribution in [2.45, 2.75) is 119 Å². The molecule has 0 heterocycles. The summed E-state index contributed by atoms with van der Waals surface area (Å²) in [7, 11) is 0. The zero-order valence-corrected chi connectivity index (χ0v) is 21.9. The van der Waals surface area contributed by atoms with Gasteiger partial charge in [-0.3, -0.25) is 0 Å². The molecule has 31 heavy (non-hydrogen) atoms. The molecule has 0 unspecified atom stereocenters. The summed E-state index contributed by atoms with van der Waals surface area (Å²) in [5, 5.41) is 10.9. The molecule has 10 atom stereocenters. The molecule has 1 nitrogen and oxygen atoms in total. The first-order valence-corrected chi connectivity index (χ1v) is 13.7. The average Bonchev–Trinajstić information content (AvgIpc) is 2.69. The molecule has 0 spiro atoms. The number of allylic oxidation sites excluding steroid dienone is 2. The van der Waals surface area contributed by atoms with Crippen LogP contribution in [0.2, 0.25) is 0 Å². The van der Waals surface area contributed by atoms with E-state index in [9.17, 15) is 5.11 Å². The maximum Gasteiger partial charge on any atom is 0.0594 e. The van der Waals surface area contributed by atoms with Gasteiger partial charge in [0.15, 0.2) is 0 Å². The molecule has 5 rings (SSSR count). The van der Waals surface area contributed by atoms with E-state index in [0.29, 0.717) is 27.6 Å². The molecule has 1 N–H and O–H groups in total. The summed E-state index contributed by atoms with van der Waals surface area (Å²) < 4.78 is 0. The monoisotopic (exact) mass is 426 g/mol. The predicted octanol–water partition coefficient (Wildman–Crippen LogP) is 8.02. The van der Waals surface area contributed by atoms with Crippen molar-refractivity contribution in [3.8, 4) is 0 Å². The van der Waals surface area contributed by atoms with E-state index < -0.39 is 0 Å². The lowest BCUT2D eigenvalue weighted by atomic mass is 9.31. The molecule has 0 saturated heterocycles. The minimum absolute atomic E-state index is 0.0665. The van der Waals surface area contributed by atoms with Gasteiger partial charge in [0.2, 0.25) is 0 Å². The maximum atomic E-state index is 10.9. The van der Waals surface area contributed by atoms with E-state index in [2.05, 4.69) is 61.5 Å². The molecular formula is C30H50O. The second-order valence-electron chi connectivity index (χ2n) is 14.7. The molecule has 176 valence electrons. The Hall–Kier alpha value is -0.300. The van der Waals surface area contributed by atoms with Gasteiger partial charge < -0.3 is 5.11 Å². The van der Waals surface area contributed by atoms with Crippen LogP contribution in [0.3, 0.4) is 0 Å². The van der Waals surface area contributed by atoms with Gasteiger partial charge in [-0.05, 0) is 121 Å². The molecule has 0 amide bonds. The highest BCUT2D eigenvalue weighted by Crippen LogP contribution is 2.76. The number of aliphatic hydroxyl groups excluding tert-OH is 1. The van der Waals surface area contributed by atoms with Crippen LogP contribution >= 0.6 is 0 Å². The van der Waals surface area contributed by atoms with Gasteiger partial charge in [-0.1, -0.05) is 60.1 Å². The largest absolute Gasteiger partial charge is 0.393 e. The van der Waals surface area contributed by atoms with Crippen molar-refractivity contribution in [3.05, 3.63) is 11.6 Å². The van der Waals surface area contributed by atoms with Crippen LogP contribution in [-0.4, -0.2) is 11.2 Å². The van der Waals surface area contributed by atoms with Gasteiger partial charge in [0.05, 0.1) is 6.10 Å². The van der Waals surface area contributed by atoms with Crippen LogP contribution in [0, 0.1) is 56.7 Å². The van der Waals surface area contributed by atoms with Gasteiger partial charge in [-0.2, -0.15) is 0 Å². The lowest BCUT2D eigenvalue weighted by molar-refractivity contribution is -0.250. The summed E-state index contributed by atoms with van der Waals surface area (Å²) >= 11 is 0. The van der Waals surface area contributed by atoms with Crippen molar-refractivity contribution in [1.29, 1.82) is 0 Å². The molecule has 4 saturated carbocycles. The molecule has 4 fully saturated rings. The summed E-state index contributed by atoms with van der Waals surface area (Å²) in [6, 6.07) is 0. The van der Waals surface area contributed by atoms with Crippen molar-refractivity contribution < 1.29 is 5.11 Å². The summed E-state index contributed by atoms with van der Waals surface area (Å²) in [5.74, 6) is 4.00. The Morgan fingerprint density at radius 1 is 0.806 bits per heavy atom. The van der Waals surface area contributed by atoms with Crippen molar-refractivity contribution >= 4 is 0 Å². The van der Waals surface area contributed by atoms with Crippen LogP contribution in [0.25, 0.3) is 0 Å². The van der Waals surface area contributed by atoms with Crippen molar-refractivity contribution in [1.82, 2.24) is 0 Å². The van der Waals surface area contributed by atoms with E-state index >= 15 is 0 Å². The van der Waals surface area contributed by atoms with Gasteiger partial charge in [-0.25, -0.2) is 0 Å². The van der Waals surface area contributed by atoms with Crippen LogP contribution in [0.15, 0.2) is 11.6 Å².